The van der Waals surface area contributed by atoms with Crippen LogP contribution in [0.1, 0.15) is 34.6 Å². The molecule has 0 bridgehead atoms. The lowest BCUT2D eigenvalue weighted by atomic mass is 9.88. The molecule has 0 saturated carbocycles. The molecule has 0 N–H and O–H groups in total. The molecule has 0 aliphatic carbocycles. The molecule has 0 aromatic carbocycles. The van der Waals surface area contributed by atoms with Gasteiger partial charge in [-0.2, -0.15) is 0 Å². The number of hydrogen-bond acceptors (Lipinski definition) is 6. The van der Waals surface area contributed by atoms with Gasteiger partial charge in [-0.1, -0.05) is 0 Å². The van der Waals surface area contributed by atoms with E-state index in [1.54, 1.807) is 47.9 Å². The summed E-state index contributed by atoms with van der Waals surface area (Å²) in [6, 6.07) is 5.16. The van der Waals surface area contributed by atoms with Gasteiger partial charge in [-0.15, -0.1) is 0 Å². The number of nitrogens with zero attached hydrogens (tertiary/aromatic N) is 6. The molecular formula is C21H21FN6O. The van der Waals surface area contributed by atoms with Gasteiger partial charge >= 0.3 is 0 Å². The van der Waals surface area contributed by atoms with Crippen molar-refractivity contribution in [2.24, 2.45) is 0 Å². The van der Waals surface area contributed by atoms with Crippen LogP contribution >= 0.6 is 0 Å². The number of likely N-dealkylation sites (tertiary alicyclic amines) is 1. The van der Waals surface area contributed by atoms with E-state index in [1.807, 2.05) is 6.92 Å². The molecule has 0 spiro atoms. The van der Waals surface area contributed by atoms with Crippen LogP contribution in [0.15, 0.2) is 49.3 Å². The van der Waals surface area contributed by atoms with Crippen molar-refractivity contribution < 1.29 is 9.18 Å². The fraction of sp³-hybridized carbons (Fsp3) is 0.333. The summed E-state index contributed by atoms with van der Waals surface area (Å²) in [6.07, 6.45) is 8.66. The molecule has 3 aromatic heterocycles. The summed E-state index contributed by atoms with van der Waals surface area (Å²) in [5, 5.41) is 0. The molecule has 3 aromatic rings. The monoisotopic (exact) mass is 392 g/mol. The number of piperidine rings is 1. The molecule has 0 unspecified atom stereocenters. The van der Waals surface area contributed by atoms with E-state index in [4.69, 9.17) is 0 Å². The normalized spacial score (nSPS) is 15.9. The van der Waals surface area contributed by atoms with Crippen LogP contribution in [0.25, 0.3) is 11.4 Å². The summed E-state index contributed by atoms with van der Waals surface area (Å²) in [7, 11) is 0. The van der Waals surface area contributed by atoms with Gasteiger partial charge in [0, 0.05) is 44.3 Å². The topological polar surface area (TPSA) is 84.8 Å². The number of pyridine rings is 1. The summed E-state index contributed by atoms with van der Waals surface area (Å²) in [6.45, 7) is 2.53. The second kappa shape index (κ2) is 7.98. The minimum absolute atomic E-state index is 0.163. The van der Waals surface area contributed by atoms with Crippen molar-refractivity contribution in [2.75, 3.05) is 13.1 Å². The number of halogens is 1. The molecule has 1 aliphatic heterocycles. The van der Waals surface area contributed by atoms with E-state index in [2.05, 4.69) is 24.9 Å². The molecule has 0 radical (unpaired) electrons. The van der Waals surface area contributed by atoms with Gasteiger partial charge in [-0.05, 0) is 38.0 Å². The molecule has 4 heterocycles. The van der Waals surface area contributed by atoms with E-state index >= 15 is 4.39 Å². The maximum absolute atomic E-state index is 15.3. The van der Waals surface area contributed by atoms with E-state index in [0.717, 1.165) is 5.69 Å². The van der Waals surface area contributed by atoms with Gasteiger partial charge < -0.3 is 4.90 Å². The van der Waals surface area contributed by atoms with Gasteiger partial charge in [0.05, 0.1) is 22.6 Å². The highest BCUT2D eigenvalue weighted by molar-refractivity contribution is 5.99. The molecule has 8 heteroatoms. The summed E-state index contributed by atoms with van der Waals surface area (Å²) >= 11 is 0. The first kappa shape index (κ1) is 19.0. The van der Waals surface area contributed by atoms with Crippen LogP contribution in [-0.2, 0) is 6.42 Å². The average molecular weight is 392 g/mol. The Labute approximate surface area is 168 Å². The number of hydrogen-bond donors (Lipinski definition) is 0. The maximum Gasteiger partial charge on any atom is 0.256 e. The van der Waals surface area contributed by atoms with Gasteiger partial charge in [0.1, 0.15) is 17.7 Å². The van der Waals surface area contributed by atoms with E-state index in [0.29, 0.717) is 35.7 Å². The quantitative estimate of drug-likeness (QED) is 0.679. The van der Waals surface area contributed by atoms with Gasteiger partial charge in [-0.25, -0.2) is 14.4 Å². The number of rotatable bonds is 4. The Balaban J connectivity index is 1.47. The van der Waals surface area contributed by atoms with Crippen LogP contribution in [0.4, 0.5) is 4.39 Å². The summed E-state index contributed by atoms with van der Waals surface area (Å²) in [5.41, 5.74) is 1.60. The Morgan fingerprint density at radius 1 is 1.10 bits per heavy atom. The minimum atomic E-state index is -1.38. The third kappa shape index (κ3) is 4.26. The highest BCUT2D eigenvalue weighted by Gasteiger charge is 2.37. The zero-order valence-corrected chi connectivity index (χ0v) is 16.1. The molecule has 7 nitrogen and oxygen atoms in total. The Morgan fingerprint density at radius 3 is 2.62 bits per heavy atom. The summed E-state index contributed by atoms with van der Waals surface area (Å²) < 4.78 is 15.3. The van der Waals surface area contributed by atoms with Crippen molar-refractivity contribution in [2.45, 2.75) is 31.9 Å². The summed E-state index contributed by atoms with van der Waals surface area (Å²) in [5.74, 6) is -0.163. The van der Waals surface area contributed by atoms with Gasteiger partial charge in [-0.3, -0.25) is 19.7 Å². The van der Waals surface area contributed by atoms with Crippen molar-refractivity contribution in [1.82, 2.24) is 29.8 Å². The van der Waals surface area contributed by atoms with Crippen LogP contribution in [0.3, 0.4) is 0 Å². The van der Waals surface area contributed by atoms with Crippen LogP contribution in [-0.4, -0.2) is 54.5 Å². The second-order valence-corrected chi connectivity index (χ2v) is 7.26. The van der Waals surface area contributed by atoms with Crippen molar-refractivity contribution in [3.63, 3.8) is 0 Å². The lowest BCUT2D eigenvalue weighted by Gasteiger charge is -2.36. The van der Waals surface area contributed by atoms with Crippen LogP contribution < -0.4 is 0 Å². The van der Waals surface area contributed by atoms with Crippen LogP contribution in [0, 0.1) is 6.92 Å². The second-order valence-electron chi connectivity index (χ2n) is 7.26. The number of aryl methyl sites for hydroxylation is 1. The van der Waals surface area contributed by atoms with Gasteiger partial charge in [0.2, 0.25) is 0 Å². The Kier molecular flexibility index (Phi) is 5.24. The number of aromatic nitrogens is 5. The first-order valence-corrected chi connectivity index (χ1v) is 9.51. The Hall–Kier alpha value is -3.29. The van der Waals surface area contributed by atoms with E-state index in [-0.39, 0.29) is 25.2 Å². The SMILES string of the molecule is Cc1cnc(CC2(F)CCN(C(=O)c3cccnc3-c3ccncn3)CC2)cn1. The number of amides is 1. The zero-order chi connectivity index (χ0) is 20.3. The largest absolute Gasteiger partial charge is 0.338 e. The molecule has 0 atom stereocenters. The van der Waals surface area contributed by atoms with E-state index in [9.17, 15) is 4.79 Å². The molecule has 1 aliphatic rings. The van der Waals surface area contributed by atoms with Crippen LogP contribution in [0.2, 0.25) is 0 Å². The molecule has 1 saturated heterocycles. The van der Waals surface area contributed by atoms with Gasteiger partial charge in [0.15, 0.2) is 0 Å². The first-order chi connectivity index (χ1) is 14.0. The number of alkyl halides is 1. The fourth-order valence-electron chi connectivity index (χ4n) is 3.51. The minimum Gasteiger partial charge on any atom is -0.338 e. The molecule has 1 fully saturated rings. The third-order valence-electron chi connectivity index (χ3n) is 5.14. The molecule has 4 rings (SSSR count). The lowest BCUT2D eigenvalue weighted by Crippen LogP contribution is -2.45. The molecule has 1 amide bonds. The lowest BCUT2D eigenvalue weighted by molar-refractivity contribution is 0.0433. The predicted octanol–water partition coefficient (Wildman–Crippen LogP) is 2.82. The summed E-state index contributed by atoms with van der Waals surface area (Å²) in [4.78, 5) is 35.7. The fourth-order valence-corrected chi connectivity index (χ4v) is 3.51. The molecule has 148 valence electrons. The predicted molar refractivity (Wildman–Crippen MR) is 105 cm³/mol. The first-order valence-electron chi connectivity index (χ1n) is 9.51. The maximum atomic E-state index is 15.3. The Morgan fingerprint density at radius 2 is 1.93 bits per heavy atom. The number of carbonyl (C=O) groups excluding carboxylic acids is 1. The Bertz CT molecular complexity index is 988. The van der Waals surface area contributed by atoms with Gasteiger partial charge in [0.25, 0.3) is 5.91 Å². The van der Waals surface area contributed by atoms with Crippen molar-refractivity contribution >= 4 is 5.91 Å². The third-order valence-corrected chi connectivity index (χ3v) is 5.14. The van der Waals surface area contributed by atoms with Crippen molar-refractivity contribution in [1.29, 1.82) is 0 Å². The van der Waals surface area contributed by atoms with E-state index < -0.39 is 5.67 Å². The van der Waals surface area contributed by atoms with E-state index in [1.165, 1.54) is 6.33 Å². The smallest absolute Gasteiger partial charge is 0.256 e. The highest BCUT2D eigenvalue weighted by Crippen LogP contribution is 2.31. The molecular weight excluding hydrogens is 371 g/mol. The van der Waals surface area contributed by atoms with Crippen LogP contribution in [0.5, 0.6) is 0 Å². The zero-order valence-electron chi connectivity index (χ0n) is 16.1. The standard InChI is InChI=1S/C21H21FN6O/c1-15-12-26-16(13-25-15)11-21(22)5-9-28(10-6-21)20(29)17-3-2-7-24-19(17)18-4-8-23-14-27-18/h2-4,7-8,12-14H,5-6,9-11H2,1H3. The van der Waals surface area contributed by atoms with Crippen molar-refractivity contribution in [3.8, 4) is 11.4 Å². The highest BCUT2D eigenvalue weighted by atomic mass is 19.1. The van der Waals surface area contributed by atoms with Crippen molar-refractivity contribution in [3.05, 3.63) is 66.3 Å². The average Bonchev–Trinajstić information content (AvgIpc) is 2.76. The molecule has 29 heavy (non-hydrogen) atoms. The number of carbonyl (C=O) groups is 1.